The minimum atomic E-state index is -0.260. The summed E-state index contributed by atoms with van der Waals surface area (Å²) in [5.41, 5.74) is 2.61. The fourth-order valence-corrected chi connectivity index (χ4v) is 4.04. The Morgan fingerprint density at radius 1 is 1.03 bits per heavy atom. The third-order valence-corrected chi connectivity index (χ3v) is 6.36. The first-order valence-electron chi connectivity index (χ1n) is 10.7. The lowest BCUT2D eigenvalue weighted by molar-refractivity contribution is -0.121. The van der Waals surface area contributed by atoms with Crippen LogP contribution in [0.4, 0.5) is 5.69 Å². The number of anilines is 1. The fraction of sp³-hybridized carbons (Fsp3) is 0.458. The number of hydrogen-bond donors (Lipinski definition) is 1. The van der Waals surface area contributed by atoms with Crippen molar-refractivity contribution in [2.24, 2.45) is 0 Å². The normalized spacial score (nSPS) is 15.8. The van der Waals surface area contributed by atoms with Crippen LogP contribution in [-0.2, 0) is 11.3 Å². The summed E-state index contributed by atoms with van der Waals surface area (Å²) >= 11 is 6.17. The van der Waals surface area contributed by atoms with Crippen molar-refractivity contribution in [3.63, 3.8) is 0 Å². The minimum absolute atomic E-state index is 0.0621. The predicted octanol–water partition coefficient (Wildman–Crippen LogP) is 3.82. The Morgan fingerprint density at radius 3 is 2.34 bits per heavy atom. The number of carbonyl (C=O) groups excluding carboxylic acids is 1. The van der Waals surface area contributed by atoms with Gasteiger partial charge in [0.15, 0.2) is 0 Å². The van der Waals surface area contributed by atoms with Crippen LogP contribution in [0.25, 0.3) is 0 Å². The monoisotopic (exact) mass is 461 g/mol. The largest absolute Gasteiger partial charge is 0.497 e. The van der Waals surface area contributed by atoms with Crippen molar-refractivity contribution in [1.82, 2.24) is 9.80 Å². The van der Waals surface area contributed by atoms with Crippen molar-refractivity contribution < 1.29 is 19.0 Å². The Bertz CT molecular complexity index is 945. The van der Waals surface area contributed by atoms with Crippen LogP contribution >= 0.6 is 11.6 Å². The lowest BCUT2D eigenvalue weighted by atomic mass is 10.1. The van der Waals surface area contributed by atoms with E-state index in [4.69, 9.17) is 25.8 Å². The number of nitrogens with one attached hydrogen (secondary N) is 1. The van der Waals surface area contributed by atoms with Gasteiger partial charge in [0.2, 0.25) is 5.91 Å². The van der Waals surface area contributed by atoms with Crippen LogP contribution in [0.5, 0.6) is 17.2 Å². The van der Waals surface area contributed by atoms with Crippen LogP contribution < -0.4 is 19.5 Å². The molecule has 0 spiro atoms. The van der Waals surface area contributed by atoms with Gasteiger partial charge in [-0.2, -0.15) is 0 Å². The maximum atomic E-state index is 12.9. The molecule has 1 N–H and O–H groups in total. The first-order chi connectivity index (χ1) is 15.4. The zero-order valence-electron chi connectivity index (χ0n) is 19.4. The molecule has 2 aromatic carbocycles. The molecule has 7 nitrogen and oxygen atoms in total. The highest BCUT2D eigenvalue weighted by Crippen LogP contribution is 2.31. The Kier molecular flexibility index (Phi) is 8.23. The number of hydrogen-bond acceptors (Lipinski definition) is 6. The highest BCUT2D eigenvalue weighted by Gasteiger charge is 2.26. The molecule has 0 bridgehead atoms. The standard InChI is InChI=1S/C24H32ClN3O4/c1-16-12-21(23(32-5)14-20(16)25)26-24(29)17(2)28-10-8-27(9-11-28)15-18-13-19(30-3)6-7-22(18)31-4/h6-7,12-14,17H,8-11,15H2,1-5H3,(H,26,29). The van der Waals surface area contributed by atoms with Crippen LogP contribution in [0.1, 0.15) is 18.1 Å². The second-order valence-corrected chi connectivity index (χ2v) is 8.36. The number of aryl methyl sites for hydroxylation is 1. The second-order valence-electron chi connectivity index (χ2n) is 7.96. The molecule has 1 atom stereocenters. The quantitative estimate of drug-likeness (QED) is 0.644. The molecule has 1 amide bonds. The van der Waals surface area contributed by atoms with Crippen molar-refractivity contribution in [3.8, 4) is 17.2 Å². The summed E-state index contributed by atoms with van der Waals surface area (Å²) in [6, 6.07) is 9.15. The van der Waals surface area contributed by atoms with Gasteiger partial charge >= 0.3 is 0 Å². The zero-order valence-corrected chi connectivity index (χ0v) is 20.2. The molecule has 1 fully saturated rings. The molecule has 8 heteroatoms. The van der Waals surface area contributed by atoms with E-state index in [0.29, 0.717) is 16.5 Å². The van der Waals surface area contributed by atoms with Crippen LogP contribution in [0, 0.1) is 6.92 Å². The van der Waals surface area contributed by atoms with E-state index in [2.05, 4.69) is 15.1 Å². The van der Waals surface area contributed by atoms with Gasteiger partial charge in [0.1, 0.15) is 17.2 Å². The van der Waals surface area contributed by atoms with E-state index in [-0.39, 0.29) is 11.9 Å². The molecule has 0 saturated carbocycles. The van der Waals surface area contributed by atoms with E-state index in [1.165, 1.54) is 0 Å². The van der Waals surface area contributed by atoms with E-state index in [1.807, 2.05) is 38.1 Å². The smallest absolute Gasteiger partial charge is 0.241 e. The van der Waals surface area contributed by atoms with Crippen LogP contribution in [0.2, 0.25) is 5.02 Å². The summed E-state index contributed by atoms with van der Waals surface area (Å²) in [4.78, 5) is 17.5. The number of benzene rings is 2. The van der Waals surface area contributed by atoms with Crippen LogP contribution in [-0.4, -0.2) is 69.3 Å². The third kappa shape index (κ3) is 5.65. The van der Waals surface area contributed by atoms with Gasteiger partial charge in [-0.05, 0) is 43.7 Å². The summed E-state index contributed by atoms with van der Waals surface area (Å²) in [5.74, 6) is 2.16. The van der Waals surface area contributed by atoms with Gasteiger partial charge in [-0.15, -0.1) is 0 Å². The molecule has 1 unspecified atom stereocenters. The zero-order chi connectivity index (χ0) is 23.3. The molecular weight excluding hydrogens is 430 g/mol. The summed E-state index contributed by atoms with van der Waals surface area (Å²) in [5, 5.41) is 3.61. The van der Waals surface area contributed by atoms with Crippen molar-refractivity contribution in [1.29, 1.82) is 0 Å². The summed E-state index contributed by atoms with van der Waals surface area (Å²) < 4.78 is 16.2. The van der Waals surface area contributed by atoms with E-state index in [0.717, 1.165) is 55.3 Å². The van der Waals surface area contributed by atoms with Crippen molar-refractivity contribution in [2.75, 3.05) is 52.8 Å². The SMILES string of the molecule is COc1ccc(OC)c(CN2CCN(C(C)C(=O)Nc3cc(C)c(Cl)cc3OC)CC2)c1. The molecule has 3 rings (SSSR count). The van der Waals surface area contributed by atoms with Crippen molar-refractivity contribution in [3.05, 3.63) is 46.5 Å². The Balaban J connectivity index is 1.58. The van der Waals surface area contributed by atoms with E-state index < -0.39 is 0 Å². The molecule has 174 valence electrons. The average Bonchev–Trinajstić information content (AvgIpc) is 2.81. The molecule has 0 aromatic heterocycles. The number of piperazine rings is 1. The molecule has 1 heterocycles. The first-order valence-corrected chi connectivity index (χ1v) is 11.1. The Hall–Kier alpha value is -2.48. The molecule has 2 aromatic rings. The Labute approximate surface area is 195 Å². The maximum absolute atomic E-state index is 12.9. The molecule has 0 aliphatic carbocycles. The first kappa shape index (κ1) is 24.2. The lowest BCUT2D eigenvalue weighted by Gasteiger charge is -2.37. The Morgan fingerprint density at radius 2 is 1.72 bits per heavy atom. The fourth-order valence-electron chi connectivity index (χ4n) is 3.89. The van der Waals surface area contributed by atoms with Gasteiger partial charge in [-0.3, -0.25) is 14.6 Å². The number of amides is 1. The van der Waals surface area contributed by atoms with Gasteiger partial charge in [0.25, 0.3) is 0 Å². The predicted molar refractivity (Wildman–Crippen MR) is 127 cm³/mol. The van der Waals surface area contributed by atoms with Crippen LogP contribution in [0.15, 0.2) is 30.3 Å². The van der Waals surface area contributed by atoms with Crippen LogP contribution in [0.3, 0.4) is 0 Å². The van der Waals surface area contributed by atoms with E-state index >= 15 is 0 Å². The van der Waals surface area contributed by atoms with Gasteiger partial charge in [-0.25, -0.2) is 0 Å². The average molecular weight is 462 g/mol. The highest BCUT2D eigenvalue weighted by molar-refractivity contribution is 6.31. The van der Waals surface area contributed by atoms with E-state index in [1.54, 1.807) is 27.4 Å². The van der Waals surface area contributed by atoms with Gasteiger partial charge in [-0.1, -0.05) is 11.6 Å². The number of carbonyl (C=O) groups is 1. The van der Waals surface area contributed by atoms with Gasteiger partial charge in [0.05, 0.1) is 33.1 Å². The summed E-state index contributed by atoms with van der Waals surface area (Å²) in [6.07, 6.45) is 0. The minimum Gasteiger partial charge on any atom is -0.497 e. The number of rotatable bonds is 8. The van der Waals surface area contributed by atoms with E-state index in [9.17, 15) is 4.79 Å². The third-order valence-electron chi connectivity index (χ3n) is 5.95. The number of ether oxygens (including phenoxy) is 3. The molecular formula is C24H32ClN3O4. The molecule has 1 aliphatic rings. The van der Waals surface area contributed by atoms with Gasteiger partial charge < -0.3 is 19.5 Å². The lowest BCUT2D eigenvalue weighted by Crippen LogP contribution is -2.52. The number of nitrogens with zero attached hydrogens (tertiary/aromatic N) is 2. The topological polar surface area (TPSA) is 63.3 Å². The van der Waals surface area contributed by atoms with Crippen molar-refractivity contribution in [2.45, 2.75) is 26.4 Å². The van der Waals surface area contributed by atoms with Crippen molar-refractivity contribution >= 4 is 23.2 Å². The molecule has 1 saturated heterocycles. The number of halogens is 1. The summed E-state index contributed by atoms with van der Waals surface area (Å²) in [6.45, 7) is 7.94. The number of methoxy groups -OCH3 is 3. The summed E-state index contributed by atoms with van der Waals surface area (Å²) in [7, 11) is 4.91. The highest BCUT2D eigenvalue weighted by atomic mass is 35.5. The second kappa shape index (κ2) is 10.9. The molecule has 1 aliphatic heterocycles. The molecule has 0 radical (unpaired) electrons. The molecule has 32 heavy (non-hydrogen) atoms. The van der Waals surface area contributed by atoms with Gasteiger partial charge in [0, 0.05) is 49.4 Å². The maximum Gasteiger partial charge on any atom is 0.241 e.